The third-order valence-electron chi connectivity index (χ3n) is 2.95. The molecule has 104 valence electrons. The summed E-state index contributed by atoms with van der Waals surface area (Å²) in [7, 11) is 0. The van der Waals surface area contributed by atoms with Crippen molar-refractivity contribution in [1.82, 2.24) is 5.16 Å². The zero-order chi connectivity index (χ0) is 14.7. The van der Waals surface area contributed by atoms with Crippen molar-refractivity contribution in [3.05, 3.63) is 72.2 Å². The lowest BCUT2D eigenvalue weighted by Crippen LogP contribution is -2.12. The SMILES string of the molecule is O=C(Nc1ccc(F)cc1)c1cnoc1-c1ccccc1. The van der Waals surface area contributed by atoms with Crippen LogP contribution in [0, 0.1) is 5.82 Å². The van der Waals surface area contributed by atoms with E-state index in [9.17, 15) is 9.18 Å². The van der Waals surface area contributed by atoms with Crippen LogP contribution in [0.1, 0.15) is 10.4 Å². The Morgan fingerprint density at radius 3 is 2.48 bits per heavy atom. The molecule has 0 fully saturated rings. The number of carbonyl (C=O) groups excluding carboxylic acids is 1. The fourth-order valence-corrected chi connectivity index (χ4v) is 1.93. The van der Waals surface area contributed by atoms with E-state index in [0.717, 1.165) is 5.56 Å². The molecule has 0 spiro atoms. The van der Waals surface area contributed by atoms with Crippen molar-refractivity contribution in [3.63, 3.8) is 0 Å². The topological polar surface area (TPSA) is 55.1 Å². The summed E-state index contributed by atoms with van der Waals surface area (Å²) in [6, 6.07) is 14.8. The fraction of sp³-hybridized carbons (Fsp3) is 0. The summed E-state index contributed by atoms with van der Waals surface area (Å²) in [6.45, 7) is 0. The van der Waals surface area contributed by atoms with Gasteiger partial charge in [-0.15, -0.1) is 0 Å². The minimum atomic E-state index is -0.360. The number of nitrogens with one attached hydrogen (secondary N) is 1. The highest BCUT2D eigenvalue weighted by Crippen LogP contribution is 2.24. The first-order valence-corrected chi connectivity index (χ1v) is 6.31. The lowest BCUT2D eigenvalue weighted by atomic mass is 10.1. The van der Waals surface area contributed by atoms with Gasteiger partial charge in [0.05, 0.1) is 6.20 Å². The van der Waals surface area contributed by atoms with Crippen LogP contribution in [-0.4, -0.2) is 11.1 Å². The van der Waals surface area contributed by atoms with Gasteiger partial charge in [0, 0.05) is 11.3 Å². The summed E-state index contributed by atoms with van der Waals surface area (Å²) in [5, 5.41) is 6.36. The maximum atomic E-state index is 12.8. The molecule has 21 heavy (non-hydrogen) atoms. The van der Waals surface area contributed by atoms with Crippen LogP contribution >= 0.6 is 0 Å². The zero-order valence-corrected chi connectivity index (χ0v) is 10.9. The molecule has 1 heterocycles. The number of halogens is 1. The third kappa shape index (κ3) is 2.81. The maximum Gasteiger partial charge on any atom is 0.261 e. The molecule has 0 saturated carbocycles. The first-order chi connectivity index (χ1) is 10.2. The molecule has 0 aliphatic rings. The van der Waals surface area contributed by atoms with Gasteiger partial charge < -0.3 is 9.84 Å². The Balaban J connectivity index is 1.86. The molecule has 5 heteroatoms. The summed E-state index contributed by atoms with van der Waals surface area (Å²) < 4.78 is 18.0. The number of amides is 1. The van der Waals surface area contributed by atoms with Gasteiger partial charge >= 0.3 is 0 Å². The van der Waals surface area contributed by atoms with Crippen molar-refractivity contribution >= 4 is 11.6 Å². The zero-order valence-electron chi connectivity index (χ0n) is 10.9. The molecule has 3 aromatic rings. The first kappa shape index (κ1) is 13.1. The van der Waals surface area contributed by atoms with Gasteiger partial charge in [-0.2, -0.15) is 0 Å². The summed E-state index contributed by atoms with van der Waals surface area (Å²) in [4.78, 5) is 12.2. The molecule has 1 aromatic heterocycles. The predicted molar refractivity (Wildman–Crippen MR) is 76.3 cm³/mol. The van der Waals surface area contributed by atoms with Crippen LogP contribution in [0.2, 0.25) is 0 Å². The number of aromatic nitrogens is 1. The van der Waals surface area contributed by atoms with E-state index >= 15 is 0 Å². The van der Waals surface area contributed by atoms with E-state index < -0.39 is 0 Å². The second kappa shape index (κ2) is 5.58. The molecule has 0 aliphatic heterocycles. The van der Waals surface area contributed by atoms with E-state index in [1.807, 2.05) is 30.3 Å². The third-order valence-corrected chi connectivity index (χ3v) is 2.95. The minimum Gasteiger partial charge on any atom is -0.355 e. The summed E-state index contributed by atoms with van der Waals surface area (Å²) >= 11 is 0. The van der Waals surface area contributed by atoms with Crippen LogP contribution in [0.4, 0.5) is 10.1 Å². The lowest BCUT2D eigenvalue weighted by Gasteiger charge is -2.04. The molecule has 0 radical (unpaired) electrons. The lowest BCUT2D eigenvalue weighted by molar-refractivity contribution is 0.102. The molecule has 1 amide bonds. The molecule has 2 aromatic carbocycles. The van der Waals surface area contributed by atoms with Crippen LogP contribution in [-0.2, 0) is 0 Å². The van der Waals surface area contributed by atoms with Crippen LogP contribution in [0.3, 0.4) is 0 Å². The number of anilines is 1. The molecule has 1 N–H and O–H groups in total. The highest BCUT2D eigenvalue weighted by atomic mass is 19.1. The molecule has 0 saturated heterocycles. The predicted octanol–water partition coefficient (Wildman–Crippen LogP) is 3.73. The largest absolute Gasteiger partial charge is 0.355 e. The monoisotopic (exact) mass is 282 g/mol. The first-order valence-electron chi connectivity index (χ1n) is 6.31. The second-order valence-electron chi connectivity index (χ2n) is 4.40. The van der Waals surface area contributed by atoms with E-state index in [1.54, 1.807) is 0 Å². The summed E-state index contributed by atoms with van der Waals surface area (Å²) in [5.41, 5.74) is 1.59. The second-order valence-corrected chi connectivity index (χ2v) is 4.40. The molecular weight excluding hydrogens is 271 g/mol. The number of hydrogen-bond donors (Lipinski definition) is 1. The number of benzene rings is 2. The Morgan fingerprint density at radius 1 is 1.05 bits per heavy atom. The van der Waals surface area contributed by atoms with Gasteiger partial charge in [-0.25, -0.2) is 4.39 Å². The average molecular weight is 282 g/mol. The van der Waals surface area contributed by atoms with E-state index in [-0.39, 0.29) is 11.7 Å². The van der Waals surface area contributed by atoms with Crippen LogP contribution < -0.4 is 5.32 Å². The van der Waals surface area contributed by atoms with Gasteiger partial charge in [-0.3, -0.25) is 4.79 Å². The minimum absolute atomic E-state index is 0.325. The van der Waals surface area contributed by atoms with Crippen molar-refractivity contribution in [3.8, 4) is 11.3 Å². The Hall–Kier alpha value is -2.95. The highest BCUT2D eigenvalue weighted by molar-refractivity contribution is 6.07. The van der Waals surface area contributed by atoms with Gasteiger partial charge in [0.1, 0.15) is 11.4 Å². The molecule has 0 aliphatic carbocycles. The fourth-order valence-electron chi connectivity index (χ4n) is 1.93. The summed E-state index contributed by atoms with van der Waals surface area (Å²) in [6.07, 6.45) is 1.36. The normalized spacial score (nSPS) is 10.3. The smallest absolute Gasteiger partial charge is 0.261 e. The molecule has 0 atom stereocenters. The van der Waals surface area contributed by atoms with Crippen molar-refractivity contribution < 1.29 is 13.7 Å². The van der Waals surface area contributed by atoms with Crippen molar-refractivity contribution in [2.75, 3.05) is 5.32 Å². The van der Waals surface area contributed by atoms with Crippen LogP contribution in [0.5, 0.6) is 0 Å². The number of rotatable bonds is 3. The Morgan fingerprint density at radius 2 is 1.76 bits per heavy atom. The average Bonchev–Trinajstić information content (AvgIpc) is 3.00. The van der Waals surface area contributed by atoms with Crippen LogP contribution in [0.25, 0.3) is 11.3 Å². The van der Waals surface area contributed by atoms with Crippen molar-refractivity contribution in [2.24, 2.45) is 0 Å². The summed E-state index contributed by atoms with van der Waals surface area (Å²) in [5.74, 6) is -0.320. The van der Waals surface area contributed by atoms with Crippen molar-refractivity contribution in [1.29, 1.82) is 0 Å². The number of nitrogens with zero attached hydrogens (tertiary/aromatic N) is 1. The molecule has 0 bridgehead atoms. The molecule has 0 unspecified atom stereocenters. The van der Waals surface area contributed by atoms with E-state index in [0.29, 0.717) is 17.0 Å². The van der Waals surface area contributed by atoms with E-state index in [4.69, 9.17) is 4.52 Å². The quantitative estimate of drug-likeness (QED) is 0.796. The Labute approximate surface area is 120 Å². The Bertz CT molecular complexity index is 751. The van der Waals surface area contributed by atoms with Gasteiger partial charge in [0.15, 0.2) is 5.76 Å². The Kier molecular flexibility index (Phi) is 3.47. The molecule has 4 nitrogen and oxygen atoms in total. The van der Waals surface area contributed by atoms with E-state index in [2.05, 4.69) is 10.5 Å². The molecular formula is C16H11FN2O2. The van der Waals surface area contributed by atoms with Gasteiger partial charge in [0.25, 0.3) is 5.91 Å². The van der Waals surface area contributed by atoms with Gasteiger partial charge in [0.2, 0.25) is 0 Å². The maximum absolute atomic E-state index is 12.8. The highest BCUT2D eigenvalue weighted by Gasteiger charge is 2.17. The van der Waals surface area contributed by atoms with E-state index in [1.165, 1.54) is 30.5 Å². The van der Waals surface area contributed by atoms with Gasteiger partial charge in [-0.05, 0) is 24.3 Å². The van der Waals surface area contributed by atoms with Gasteiger partial charge in [-0.1, -0.05) is 35.5 Å². The number of hydrogen-bond acceptors (Lipinski definition) is 3. The molecule has 3 rings (SSSR count). The van der Waals surface area contributed by atoms with Crippen molar-refractivity contribution in [2.45, 2.75) is 0 Å². The van der Waals surface area contributed by atoms with Crippen LogP contribution in [0.15, 0.2) is 65.3 Å². The standard InChI is InChI=1S/C16H11FN2O2/c17-12-6-8-13(9-7-12)19-16(20)14-10-18-21-15(14)11-4-2-1-3-5-11/h1-10H,(H,19,20). The number of carbonyl (C=O) groups is 1.